The van der Waals surface area contributed by atoms with Crippen LogP contribution in [0.3, 0.4) is 0 Å². The molecule has 0 aliphatic heterocycles. The van der Waals surface area contributed by atoms with Gasteiger partial charge in [-0.15, -0.1) is 0 Å². The van der Waals surface area contributed by atoms with Gasteiger partial charge >= 0.3 is 0 Å². The Morgan fingerprint density at radius 1 is 1.07 bits per heavy atom. The van der Waals surface area contributed by atoms with E-state index in [1.54, 1.807) is 6.92 Å². The Kier molecular flexibility index (Phi) is 3.66. The minimum Gasteiger partial charge on any atom is -0.241 e. The molecular formula is C11H12F2N2. The highest BCUT2D eigenvalue weighted by atomic mass is 19.1. The predicted molar refractivity (Wildman–Crippen MR) is 55.5 cm³/mol. The molecule has 2 nitrogen and oxygen atoms in total. The third-order valence-corrected chi connectivity index (χ3v) is 1.86. The van der Waals surface area contributed by atoms with Crippen molar-refractivity contribution in [1.82, 2.24) is 9.97 Å². The summed E-state index contributed by atoms with van der Waals surface area (Å²) in [7, 11) is 0. The van der Waals surface area contributed by atoms with Gasteiger partial charge in [-0.1, -0.05) is 13.8 Å². The van der Waals surface area contributed by atoms with Crippen molar-refractivity contribution in [3.63, 3.8) is 0 Å². The lowest BCUT2D eigenvalue weighted by Gasteiger charge is -2.00. The molecule has 15 heavy (non-hydrogen) atoms. The molecule has 4 heteroatoms. The van der Waals surface area contributed by atoms with E-state index in [2.05, 4.69) is 9.97 Å². The van der Waals surface area contributed by atoms with Crippen LogP contribution in [0.2, 0.25) is 0 Å². The van der Waals surface area contributed by atoms with Crippen LogP contribution in [0, 0.1) is 18.6 Å². The average Bonchev–Trinajstić information content (AvgIpc) is 2.23. The Morgan fingerprint density at radius 2 is 1.73 bits per heavy atom. The van der Waals surface area contributed by atoms with Gasteiger partial charge in [0, 0.05) is 17.1 Å². The minimum absolute atomic E-state index is 0.161. The van der Waals surface area contributed by atoms with E-state index >= 15 is 0 Å². The summed E-state index contributed by atoms with van der Waals surface area (Å²) in [5.74, 6) is -1.26. The molecule has 0 saturated heterocycles. The van der Waals surface area contributed by atoms with E-state index in [1.165, 1.54) is 12.4 Å². The van der Waals surface area contributed by atoms with Gasteiger partial charge in [-0.05, 0) is 13.0 Å². The van der Waals surface area contributed by atoms with Crippen LogP contribution in [0.25, 0.3) is 10.9 Å². The van der Waals surface area contributed by atoms with Crippen LogP contribution < -0.4 is 0 Å². The van der Waals surface area contributed by atoms with E-state index in [-0.39, 0.29) is 5.52 Å². The number of fused-ring (bicyclic) bond motifs is 1. The van der Waals surface area contributed by atoms with Crippen LogP contribution in [-0.4, -0.2) is 9.97 Å². The van der Waals surface area contributed by atoms with E-state index in [4.69, 9.17) is 0 Å². The maximum absolute atomic E-state index is 13.1. The zero-order valence-electron chi connectivity index (χ0n) is 8.88. The van der Waals surface area contributed by atoms with Crippen LogP contribution in [-0.2, 0) is 0 Å². The van der Waals surface area contributed by atoms with Gasteiger partial charge in [0.05, 0.1) is 0 Å². The van der Waals surface area contributed by atoms with Crippen molar-refractivity contribution in [3.05, 3.63) is 35.8 Å². The molecule has 2 rings (SSSR count). The smallest absolute Gasteiger partial charge is 0.152 e. The zero-order chi connectivity index (χ0) is 11.4. The largest absolute Gasteiger partial charge is 0.241 e. The standard InChI is InChI=1S/C9H6F2N2.C2H6/c1-5-7-2-6(10)3-8(11)9(7)13-4-12-5;1-2/h2-4H,1H3;1-2H3. The van der Waals surface area contributed by atoms with Gasteiger partial charge in [0.2, 0.25) is 0 Å². The van der Waals surface area contributed by atoms with Crippen molar-refractivity contribution in [2.24, 2.45) is 0 Å². The molecule has 2 aromatic rings. The fourth-order valence-electron chi connectivity index (χ4n) is 1.22. The molecule has 0 saturated carbocycles. The molecule has 0 unspecified atom stereocenters. The number of halogens is 2. The molecule has 1 heterocycles. The molecule has 0 fully saturated rings. The molecule has 0 amide bonds. The Balaban J connectivity index is 0.000000531. The summed E-state index contributed by atoms with van der Waals surface area (Å²) in [5.41, 5.74) is 0.734. The summed E-state index contributed by atoms with van der Waals surface area (Å²) < 4.78 is 25.9. The first-order valence-electron chi connectivity index (χ1n) is 4.75. The van der Waals surface area contributed by atoms with E-state index in [1.807, 2.05) is 13.8 Å². The maximum Gasteiger partial charge on any atom is 0.152 e. The van der Waals surface area contributed by atoms with Crippen LogP contribution >= 0.6 is 0 Å². The summed E-state index contributed by atoms with van der Waals surface area (Å²) in [4.78, 5) is 7.58. The monoisotopic (exact) mass is 210 g/mol. The van der Waals surface area contributed by atoms with Crippen molar-refractivity contribution in [3.8, 4) is 0 Å². The van der Waals surface area contributed by atoms with Crippen molar-refractivity contribution in [2.75, 3.05) is 0 Å². The van der Waals surface area contributed by atoms with Crippen LogP contribution in [0.4, 0.5) is 8.78 Å². The highest BCUT2D eigenvalue weighted by molar-refractivity contribution is 5.80. The zero-order valence-corrected chi connectivity index (χ0v) is 8.88. The van der Waals surface area contributed by atoms with E-state index in [0.29, 0.717) is 11.1 Å². The number of rotatable bonds is 0. The quantitative estimate of drug-likeness (QED) is 0.667. The van der Waals surface area contributed by atoms with Crippen molar-refractivity contribution in [2.45, 2.75) is 20.8 Å². The SMILES string of the molecule is CC.Cc1ncnc2c(F)cc(F)cc12. The van der Waals surface area contributed by atoms with Gasteiger partial charge in [0.25, 0.3) is 0 Å². The van der Waals surface area contributed by atoms with E-state index in [9.17, 15) is 8.78 Å². The minimum atomic E-state index is -0.652. The van der Waals surface area contributed by atoms with Gasteiger partial charge in [-0.3, -0.25) is 0 Å². The molecule has 0 N–H and O–H groups in total. The highest BCUT2D eigenvalue weighted by Gasteiger charge is 2.06. The van der Waals surface area contributed by atoms with Gasteiger partial charge in [0.15, 0.2) is 5.82 Å². The summed E-state index contributed by atoms with van der Waals surface area (Å²) in [6.45, 7) is 5.68. The molecule has 0 aliphatic carbocycles. The Bertz CT molecular complexity index is 469. The van der Waals surface area contributed by atoms with Crippen LogP contribution in [0.5, 0.6) is 0 Å². The van der Waals surface area contributed by atoms with Crippen molar-refractivity contribution < 1.29 is 8.78 Å². The van der Waals surface area contributed by atoms with Crippen molar-refractivity contribution in [1.29, 1.82) is 0 Å². The molecule has 80 valence electrons. The molecule has 0 spiro atoms. The lowest BCUT2D eigenvalue weighted by molar-refractivity contribution is 0.590. The highest BCUT2D eigenvalue weighted by Crippen LogP contribution is 2.18. The lowest BCUT2D eigenvalue weighted by atomic mass is 10.2. The van der Waals surface area contributed by atoms with Gasteiger partial charge < -0.3 is 0 Å². The van der Waals surface area contributed by atoms with Gasteiger partial charge in [-0.2, -0.15) is 0 Å². The molecule has 0 aliphatic rings. The van der Waals surface area contributed by atoms with Crippen LogP contribution in [0.1, 0.15) is 19.5 Å². The fourth-order valence-corrected chi connectivity index (χ4v) is 1.22. The predicted octanol–water partition coefficient (Wildman–Crippen LogP) is 3.24. The fraction of sp³-hybridized carbons (Fsp3) is 0.273. The molecule has 0 atom stereocenters. The molecule has 1 aromatic heterocycles. The average molecular weight is 210 g/mol. The molecule has 0 radical (unpaired) electrons. The molecule has 0 bridgehead atoms. The first-order valence-corrected chi connectivity index (χ1v) is 4.75. The summed E-state index contributed by atoms with van der Waals surface area (Å²) in [6.07, 6.45) is 1.26. The number of hydrogen-bond acceptors (Lipinski definition) is 2. The number of aryl methyl sites for hydroxylation is 1. The van der Waals surface area contributed by atoms with Gasteiger partial charge in [0.1, 0.15) is 17.7 Å². The second kappa shape index (κ2) is 4.77. The Labute approximate surface area is 87.0 Å². The van der Waals surface area contributed by atoms with E-state index < -0.39 is 11.6 Å². The second-order valence-electron chi connectivity index (χ2n) is 2.74. The Morgan fingerprint density at radius 3 is 2.40 bits per heavy atom. The van der Waals surface area contributed by atoms with Crippen LogP contribution in [0.15, 0.2) is 18.5 Å². The van der Waals surface area contributed by atoms with E-state index in [0.717, 1.165) is 6.07 Å². The molecule has 1 aromatic carbocycles. The number of aromatic nitrogens is 2. The van der Waals surface area contributed by atoms with Crippen molar-refractivity contribution >= 4 is 10.9 Å². The summed E-state index contributed by atoms with van der Waals surface area (Å²) >= 11 is 0. The normalized spacial score (nSPS) is 9.67. The first kappa shape index (κ1) is 11.5. The number of benzene rings is 1. The molecular weight excluding hydrogens is 198 g/mol. The lowest BCUT2D eigenvalue weighted by Crippen LogP contribution is -1.91. The Hall–Kier alpha value is -1.58. The second-order valence-corrected chi connectivity index (χ2v) is 2.74. The summed E-state index contributed by atoms with van der Waals surface area (Å²) in [5, 5.41) is 0.417. The third kappa shape index (κ3) is 2.26. The topological polar surface area (TPSA) is 25.8 Å². The first-order chi connectivity index (χ1) is 7.18. The maximum atomic E-state index is 13.1. The third-order valence-electron chi connectivity index (χ3n) is 1.86. The number of hydrogen-bond donors (Lipinski definition) is 0. The number of nitrogens with zero attached hydrogens (tertiary/aromatic N) is 2. The summed E-state index contributed by atoms with van der Waals surface area (Å²) in [6, 6.07) is 2.04. The van der Waals surface area contributed by atoms with Gasteiger partial charge in [-0.25, -0.2) is 18.7 Å².